The van der Waals surface area contributed by atoms with Gasteiger partial charge in [0.05, 0.1) is 17.4 Å². The van der Waals surface area contributed by atoms with Gasteiger partial charge in [-0.15, -0.1) is 0 Å². The lowest BCUT2D eigenvalue weighted by Crippen LogP contribution is -2.33. The molecule has 0 saturated heterocycles. The highest BCUT2D eigenvalue weighted by Crippen LogP contribution is 2.13. The number of hydrogen-bond acceptors (Lipinski definition) is 5. The number of H-pyrrole nitrogens is 1. The minimum atomic E-state index is -0.502. The molecule has 3 aromatic rings. The summed E-state index contributed by atoms with van der Waals surface area (Å²) in [5, 5.41) is 5.45. The molecule has 2 aromatic heterocycles. The van der Waals surface area contributed by atoms with Crippen LogP contribution >= 0.6 is 0 Å². The topological polar surface area (TPSA) is 113 Å². The van der Waals surface area contributed by atoms with Crippen LogP contribution in [-0.2, 0) is 0 Å². The number of carbonyl (C=O) groups excluding carboxylic acids is 1. The Balaban J connectivity index is 1.76. The zero-order chi connectivity index (χ0) is 17.6. The van der Waals surface area contributed by atoms with Gasteiger partial charge in [0.15, 0.2) is 0 Å². The van der Waals surface area contributed by atoms with Crippen LogP contribution in [0.5, 0.6) is 0 Å². The zero-order valence-electron chi connectivity index (χ0n) is 13.4. The Morgan fingerprint density at radius 3 is 2.68 bits per heavy atom. The van der Waals surface area contributed by atoms with E-state index in [9.17, 15) is 9.59 Å². The van der Waals surface area contributed by atoms with Gasteiger partial charge in [0.25, 0.3) is 5.56 Å². The van der Waals surface area contributed by atoms with Crippen LogP contribution in [-0.4, -0.2) is 26.0 Å². The normalized spacial score (nSPS) is 11.6. The molecule has 1 atom stereocenters. The van der Waals surface area contributed by atoms with Gasteiger partial charge in [-0.25, -0.2) is 19.7 Å². The molecule has 2 amide bonds. The van der Waals surface area contributed by atoms with Crippen molar-refractivity contribution in [3.05, 3.63) is 71.2 Å². The molecule has 126 valence electrons. The highest BCUT2D eigenvalue weighted by Gasteiger charge is 2.14. The van der Waals surface area contributed by atoms with E-state index in [4.69, 9.17) is 0 Å². The molecule has 0 aliphatic carbocycles. The molecule has 0 radical (unpaired) electrons. The summed E-state index contributed by atoms with van der Waals surface area (Å²) in [4.78, 5) is 38.9. The number of nitrogens with zero attached hydrogens (tertiary/aromatic N) is 3. The lowest BCUT2D eigenvalue weighted by Gasteiger charge is -2.14. The van der Waals surface area contributed by atoms with Gasteiger partial charge in [0, 0.05) is 18.0 Å². The number of benzene rings is 1. The molecule has 0 aliphatic rings. The monoisotopic (exact) mass is 336 g/mol. The first-order valence-corrected chi connectivity index (χ1v) is 7.62. The van der Waals surface area contributed by atoms with Gasteiger partial charge in [-0.2, -0.15) is 0 Å². The van der Waals surface area contributed by atoms with Gasteiger partial charge in [0.2, 0.25) is 0 Å². The van der Waals surface area contributed by atoms with E-state index in [1.165, 1.54) is 12.4 Å². The Bertz CT molecular complexity index is 911. The number of hydrogen-bond donors (Lipinski definition) is 3. The second-order valence-electron chi connectivity index (χ2n) is 5.30. The van der Waals surface area contributed by atoms with Crippen molar-refractivity contribution in [1.29, 1.82) is 0 Å². The van der Waals surface area contributed by atoms with Gasteiger partial charge < -0.3 is 15.6 Å². The van der Waals surface area contributed by atoms with Crippen molar-refractivity contribution in [3.63, 3.8) is 0 Å². The summed E-state index contributed by atoms with van der Waals surface area (Å²) in [7, 11) is 0. The second-order valence-corrected chi connectivity index (χ2v) is 5.30. The minimum absolute atomic E-state index is 0.323. The number of para-hydroxylation sites is 1. The SMILES string of the molecule is CC(NC(=O)Nc1ccccc1)c1nc(-c2ccncn2)cc(=O)[nH]1. The van der Waals surface area contributed by atoms with E-state index in [0.717, 1.165) is 0 Å². The summed E-state index contributed by atoms with van der Waals surface area (Å²) in [6, 6.07) is 11.2. The third-order valence-electron chi connectivity index (χ3n) is 3.39. The van der Waals surface area contributed by atoms with Gasteiger partial charge in [-0.1, -0.05) is 18.2 Å². The predicted molar refractivity (Wildman–Crippen MR) is 92.9 cm³/mol. The maximum Gasteiger partial charge on any atom is 0.319 e. The van der Waals surface area contributed by atoms with Crippen LogP contribution in [0.3, 0.4) is 0 Å². The molecule has 2 heterocycles. The predicted octanol–water partition coefficient (Wildman–Crippen LogP) is 2.11. The Kier molecular flexibility index (Phi) is 4.79. The Morgan fingerprint density at radius 1 is 1.16 bits per heavy atom. The number of urea groups is 1. The average molecular weight is 336 g/mol. The molecule has 1 unspecified atom stereocenters. The van der Waals surface area contributed by atoms with Crippen molar-refractivity contribution in [2.24, 2.45) is 0 Å². The third-order valence-corrected chi connectivity index (χ3v) is 3.39. The molecular formula is C17H16N6O2. The summed E-state index contributed by atoms with van der Waals surface area (Å²) in [5.41, 5.74) is 1.29. The van der Waals surface area contributed by atoms with E-state index < -0.39 is 12.1 Å². The first kappa shape index (κ1) is 16.3. The molecule has 1 aromatic carbocycles. The second kappa shape index (κ2) is 7.35. The summed E-state index contributed by atoms with van der Waals surface area (Å²) < 4.78 is 0. The van der Waals surface area contributed by atoms with Gasteiger partial charge in [-0.3, -0.25) is 4.79 Å². The number of amides is 2. The van der Waals surface area contributed by atoms with E-state index in [2.05, 4.69) is 30.6 Å². The Morgan fingerprint density at radius 2 is 1.96 bits per heavy atom. The van der Waals surface area contributed by atoms with E-state index in [1.54, 1.807) is 31.3 Å². The van der Waals surface area contributed by atoms with Crippen LogP contribution < -0.4 is 16.2 Å². The van der Waals surface area contributed by atoms with Gasteiger partial charge in [-0.05, 0) is 25.1 Å². The number of carbonyl (C=O) groups is 1. The van der Waals surface area contributed by atoms with Crippen molar-refractivity contribution in [1.82, 2.24) is 25.3 Å². The maximum atomic E-state index is 12.1. The summed E-state index contributed by atoms with van der Waals surface area (Å²) >= 11 is 0. The van der Waals surface area contributed by atoms with E-state index in [-0.39, 0.29) is 5.56 Å². The molecule has 3 N–H and O–H groups in total. The maximum absolute atomic E-state index is 12.1. The minimum Gasteiger partial charge on any atom is -0.328 e. The van der Waals surface area contributed by atoms with Gasteiger partial charge >= 0.3 is 6.03 Å². The number of anilines is 1. The molecule has 8 nitrogen and oxygen atoms in total. The average Bonchev–Trinajstić information content (AvgIpc) is 2.62. The molecule has 25 heavy (non-hydrogen) atoms. The van der Waals surface area contributed by atoms with E-state index in [0.29, 0.717) is 22.9 Å². The first-order chi connectivity index (χ1) is 12.1. The first-order valence-electron chi connectivity index (χ1n) is 7.62. The highest BCUT2D eigenvalue weighted by atomic mass is 16.2. The Labute approximate surface area is 143 Å². The van der Waals surface area contributed by atoms with Crippen molar-refractivity contribution in [2.75, 3.05) is 5.32 Å². The fraction of sp³-hybridized carbons (Fsp3) is 0.118. The fourth-order valence-electron chi connectivity index (χ4n) is 2.21. The quantitative estimate of drug-likeness (QED) is 0.675. The number of aromatic amines is 1. The number of nitrogens with one attached hydrogen (secondary N) is 3. The Hall–Kier alpha value is -3.55. The van der Waals surface area contributed by atoms with Crippen LogP contribution in [0.15, 0.2) is 59.8 Å². The van der Waals surface area contributed by atoms with Crippen LogP contribution in [0.2, 0.25) is 0 Å². The molecule has 0 fully saturated rings. The van der Waals surface area contributed by atoms with Crippen molar-refractivity contribution < 1.29 is 4.79 Å². The molecule has 0 bridgehead atoms. The van der Waals surface area contributed by atoms with Crippen molar-refractivity contribution >= 4 is 11.7 Å². The fourth-order valence-corrected chi connectivity index (χ4v) is 2.21. The lowest BCUT2D eigenvalue weighted by molar-refractivity contribution is 0.249. The van der Waals surface area contributed by atoms with Gasteiger partial charge in [0.1, 0.15) is 12.2 Å². The van der Waals surface area contributed by atoms with Crippen LogP contribution in [0.4, 0.5) is 10.5 Å². The molecule has 0 saturated carbocycles. The van der Waals surface area contributed by atoms with Crippen LogP contribution in [0, 0.1) is 0 Å². The largest absolute Gasteiger partial charge is 0.328 e. The summed E-state index contributed by atoms with van der Waals surface area (Å²) in [6.07, 6.45) is 2.95. The third kappa shape index (κ3) is 4.25. The highest BCUT2D eigenvalue weighted by molar-refractivity contribution is 5.89. The van der Waals surface area contributed by atoms with Crippen molar-refractivity contribution in [3.8, 4) is 11.4 Å². The molecule has 0 aliphatic heterocycles. The van der Waals surface area contributed by atoms with Crippen LogP contribution in [0.25, 0.3) is 11.4 Å². The standard InChI is InChI=1S/C17H16N6O2/c1-11(20-17(25)21-12-5-3-2-4-6-12)16-22-14(9-15(24)23-16)13-7-8-18-10-19-13/h2-11H,1H3,(H2,20,21,25)(H,22,23,24). The zero-order valence-corrected chi connectivity index (χ0v) is 13.4. The van der Waals surface area contributed by atoms with Crippen LogP contribution in [0.1, 0.15) is 18.8 Å². The van der Waals surface area contributed by atoms with Crippen molar-refractivity contribution in [2.45, 2.75) is 13.0 Å². The molecule has 3 rings (SSSR count). The molecular weight excluding hydrogens is 320 g/mol. The molecule has 0 spiro atoms. The molecule has 8 heteroatoms. The van der Waals surface area contributed by atoms with E-state index >= 15 is 0 Å². The summed E-state index contributed by atoms with van der Waals surface area (Å²) in [5.74, 6) is 0.337. The smallest absolute Gasteiger partial charge is 0.319 e. The number of aromatic nitrogens is 4. The summed E-state index contributed by atoms with van der Waals surface area (Å²) in [6.45, 7) is 1.73. The number of rotatable bonds is 4. The lowest BCUT2D eigenvalue weighted by atomic mass is 10.2. The van der Waals surface area contributed by atoms with E-state index in [1.807, 2.05) is 18.2 Å².